The van der Waals surface area contributed by atoms with Crippen molar-refractivity contribution in [2.75, 3.05) is 6.61 Å². The van der Waals surface area contributed by atoms with E-state index < -0.39 is 0 Å². The highest BCUT2D eigenvalue weighted by Crippen LogP contribution is 2.35. The van der Waals surface area contributed by atoms with Crippen molar-refractivity contribution in [2.45, 2.75) is 33.4 Å². The van der Waals surface area contributed by atoms with Crippen molar-refractivity contribution in [1.82, 2.24) is 4.90 Å². The number of carbonyl (C=O) groups excluding carboxylic acids is 2. The number of carbonyl (C=O) groups is 2. The molecule has 2 aromatic rings. The fourth-order valence-corrected chi connectivity index (χ4v) is 3.90. The van der Waals surface area contributed by atoms with Gasteiger partial charge in [0.2, 0.25) is 0 Å². The first-order valence-corrected chi connectivity index (χ1v) is 10.9. The molecule has 2 aromatic carbocycles. The van der Waals surface area contributed by atoms with Crippen molar-refractivity contribution in [1.29, 1.82) is 0 Å². The number of benzene rings is 2. The quantitative estimate of drug-likeness (QED) is 0.468. The third-order valence-electron chi connectivity index (χ3n) is 4.06. The summed E-state index contributed by atoms with van der Waals surface area (Å²) in [6.45, 7) is 6.55. The molecule has 1 saturated heterocycles. The molecule has 1 heterocycles. The molecule has 1 fully saturated rings. The Morgan fingerprint density at radius 2 is 1.83 bits per heavy atom. The van der Waals surface area contributed by atoms with Gasteiger partial charge in [0.15, 0.2) is 11.5 Å². The first-order valence-electron chi connectivity index (χ1n) is 9.30. The summed E-state index contributed by atoms with van der Waals surface area (Å²) in [4.78, 5) is 26.8. The van der Waals surface area contributed by atoms with Gasteiger partial charge in [-0.25, -0.2) is 0 Å². The van der Waals surface area contributed by atoms with E-state index in [2.05, 4.69) is 15.9 Å². The van der Waals surface area contributed by atoms with Gasteiger partial charge in [-0.15, -0.1) is 0 Å². The summed E-state index contributed by atoms with van der Waals surface area (Å²) < 4.78 is 12.4. The number of halogens is 1. The zero-order chi connectivity index (χ0) is 21.0. The average Bonchev–Trinajstić information content (AvgIpc) is 2.93. The number of nitrogens with zero attached hydrogens (tertiary/aromatic N) is 1. The standard InChI is InChI=1S/C22H22BrNO4S/c1-4-27-19-11-16(7-10-18(19)28-14(2)3)12-20-21(25)24(22(26)29-20)13-15-5-8-17(23)9-6-15/h5-12,14H,4,13H2,1-3H3/b20-12+. The van der Waals surface area contributed by atoms with Crippen molar-refractivity contribution in [3.05, 3.63) is 63.0 Å². The van der Waals surface area contributed by atoms with Crippen molar-refractivity contribution < 1.29 is 19.1 Å². The van der Waals surface area contributed by atoms with Gasteiger partial charge in [0, 0.05) is 4.47 Å². The van der Waals surface area contributed by atoms with Crippen LogP contribution in [0.2, 0.25) is 0 Å². The monoisotopic (exact) mass is 475 g/mol. The molecule has 1 aliphatic heterocycles. The Kier molecular flexibility index (Phi) is 7.03. The average molecular weight is 476 g/mol. The van der Waals surface area contributed by atoms with Crippen LogP contribution in [0.25, 0.3) is 6.08 Å². The Bertz CT molecular complexity index is 940. The number of thioether (sulfide) groups is 1. The molecule has 29 heavy (non-hydrogen) atoms. The van der Waals surface area contributed by atoms with Crippen LogP contribution in [-0.2, 0) is 11.3 Å². The van der Waals surface area contributed by atoms with Crippen LogP contribution in [0, 0.1) is 0 Å². The summed E-state index contributed by atoms with van der Waals surface area (Å²) >= 11 is 4.33. The molecule has 7 heteroatoms. The Labute approximate surface area is 183 Å². The van der Waals surface area contributed by atoms with Crippen LogP contribution >= 0.6 is 27.7 Å². The minimum Gasteiger partial charge on any atom is -0.490 e. The third-order valence-corrected chi connectivity index (χ3v) is 5.49. The Morgan fingerprint density at radius 1 is 1.10 bits per heavy atom. The molecule has 3 rings (SSSR count). The van der Waals surface area contributed by atoms with Gasteiger partial charge in [0.25, 0.3) is 11.1 Å². The van der Waals surface area contributed by atoms with E-state index in [4.69, 9.17) is 9.47 Å². The van der Waals surface area contributed by atoms with Crippen LogP contribution in [0.15, 0.2) is 51.8 Å². The Hall–Kier alpha value is -2.25. The highest BCUT2D eigenvalue weighted by molar-refractivity contribution is 9.10. The van der Waals surface area contributed by atoms with Gasteiger partial charge in [0.05, 0.1) is 24.2 Å². The Morgan fingerprint density at radius 3 is 2.48 bits per heavy atom. The van der Waals surface area contributed by atoms with Crippen LogP contribution in [-0.4, -0.2) is 28.8 Å². The number of hydrogen-bond acceptors (Lipinski definition) is 5. The smallest absolute Gasteiger partial charge is 0.293 e. The zero-order valence-electron chi connectivity index (χ0n) is 16.5. The topological polar surface area (TPSA) is 55.8 Å². The van der Waals surface area contributed by atoms with Crippen molar-refractivity contribution in [3.63, 3.8) is 0 Å². The van der Waals surface area contributed by atoms with Crippen LogP contribution in [0.5, 0.6) is 11.5 Å². The predicted molar refractivity (Wildman–Crippen MR) is 119 cm³/mol. The van der Waals surface area contributed by atoms with Crippen molar-refractivity contribution in [3.8, 4) is 11.5 Å². The van der Waals surface area contributed by atoms with E-state index in [1.54, 1.807) is 6.08 Å². The lowest BCUT2D eigenvalue weighted by atomic mass is 10.1. The molecule has 0 atom stereocenters. The number of ether oxygens (including phenoxy) is 2. The van der Waals surface area contributed by atoms with E-state index >= 15 is 0 Å². The molecular weight excluding hydrogens is 454 g/mol. The van der Waals surface area contributed by atoms with Crippen LogP contribution in [0.3, 0.4) is 0 Å². The third kappa shape index (κ3) is 5.42. The van der Waals surface area contributed by atoms with Gasteiger partial charge in [-0.3, -0.25) is 14.5 Å². The number of imide groups is 1. The summed E-state index contributed by atoms with van der Waals surface area (Å²) in [5.41, 5.74) is 1.67. The Balaban J connectivity index is 1.81. The van der Waals surface area contributed by atoms with E-state index in [0.717, 1.165) is 27.4 Å². The van der Waals surface area contributed by atoms with Crippen LogP contribution in [0.4, 0.5) is 4.79 Å². The molecular formula is C22H22BrNO4S. The first-order chi connectivity index (χ1) is 13.9. The minimum atomic E-state index is -0.289. The first kappa shape index (κ1) is 21.5. The lowest BCUT2D eigenvalue weighted by molar-refractivity contribution is -0.123. The fourth-order valence-electron chi connectivity index (χ4n) is 2.79. The molecule has 0 N–H and O–H groups in total. The minimum absolute atomic E-state index is 0.0233. The summed E-state index contributed by atoms with van der Waals surface area (Å²) in [6, 6.07) is 13.0. The van der Waals surface area contributed by atoms with Crippen LogP contribution < -0.4 is 9.47 Å². The fraction of sp³-hybridized carbons (Fsp3) is 0.273. The molecule has 0 bridgehead atoms. The van der Waals surface area contributed by atoms with E-state index in [1.807, 2.05) is 63.2 Å². The summed E-state index contributed by atoms with van der Waals surface area (Å²) in [5.74, 6) is 0.981. The van der Waals surface area contributed by atoms with Gasteiger partial charge in [-0.1, -0.05) is 34.1 Å². The molecule has 0 aliphatic carbocycles. The van der Waals surface area contributed by atoms with Crippen molar-refractivity contribution in [2.24, 2.45) is 0 Å². The van der Waals surface area contributed by atoms with Gasteiger partial charge >= 0.3 is 0 Å². The molecule has 1 aliphatic rings. The summed E-state index contributed by atoms with van der Waals surface area (Å²) in [5, 5.41) is -0.269. The molecule has 0 spiro atoms. The number of amides is 2. The molecule has 0 aromatic heterocycles. The van der Waals surface area contributed by atoms with Gasteiger partial charge in [-0.05, 0) is 74.0 Å². The largest absolute Gasteiger partial charge is 0.490 e. The normalized spacial score (nSPS) is 15.5. The maximum absolute atomic E-state index is 12.8. The molecule has 5 nitrogen and oxygen atoms in total. The maximum Gasteiger partial charge on any atom is 0.293 e. The second kappa shape index (κ2) is 9.50. The van der Waals surface area contributed by atoms with E-state index in [0.29, 0.717) is 23.0 Å². The van der Waals surface area contributed by atoms with Gasteiger partial charge < -0.3 is 9.47 Å². The van der Waals surface area contributed by atoms with E-state index in [9.17, 15) is 9.59 Å². The van der Waals surface area contributed by atoms with Gasteiger partial charge in [-0.2, -0.15) is 0 Å². The van der Waals surface area contributed by atoms with Crippen LogP contribution in [0.1, 0.15) is 31.9 Å². The number of hydrogen-bond donors (Lipinski definition) is 0. The van der Waals surface area contributed by atoms with Crippen molar-refractivity contribution >= 4 is 44.9 Å². The molecule has 0 unspecified atom stereocenters. The lowest BCUT2D eigenvalue weighted by Gasteiger charge is -2.15. The van der Waals surface area contributed by atoms with E-state index in [-0.39, 0.29) is 23.8 Å². The number of rotatable bonds is 7. The van der Waals surface area contributed by atoms with Gasteiger partial charge in [0.1, 0.15) is 0 Å². The molecule has 0 saturated carbocycles. The second-order valence-electron chi connectivity index (χ2n) is 6.70. The summed E-state index contributed by atoms with van der Waals surface area (Å²) in [7, 11) is 0. The molecule has 0 radical (unpaired) electrons. The lowest BCUT2D eigenvalue weighted by Crippen LogP contribution is -2.27. The van der Waals surface area contributed by atoms with E-state index in [1.165, 1.54) is 4.90 Å². The highest BCUT2D eigenvalue weighted by atomic mass is 79.9. The second-order valence-corrected chi connectivity index (χ2v) is 8.61. The summed E-state index contributed by atoms with van der Waals surface area (Å²) in [6.07, 6.45) is 1.74. The highest BCUT2D eigenvalue weighted by Gasteiger charge is 2.35. The predicted octanol–water partition coefficient (Wildman–Crippen LogP) is 5.87. The molecule has 2 amide bonds. The zero-order valence-corrected chi connectivity index (χ0v) is 18.9. The maximum atomic E-state index is 12.8. The molecule has 152 valence electrons. The SMILES string of the molecule is CCOc1cc(/C=C2/SC(=O)N(Cc3ccc(Br)cc3)C2=O)ccc1OC(C)C.